The Balaban J connectivity index is 0.955. The number of anilines is 2. The maximum absolute atomic E-state index is 14.6. The van der Waals surface area contributed by atoms with Crippen LogP contribution in [0.5, 0.6) is 0 Å². The molecule has 2 aromatic heterocycles. The highest BCUT2D eigenvalue weighted by molar-refractivity contribution is 6.17. The zero-order valence-electron chi connectivity index (χ0n) is 37.0. The number of allylic oxidation sites excluding steroid dienone is 7. The summed E-state index contributed by atoms with van der Waals surface area (Å²) in [6, 6.07) is 28.5. The number of carbonyl (C=O) groups excluding carboxylic acids is 3. The predicted octanol–water partition coefficient (Wildman–Crippen LogP) is 9.07. The number of amides is 3. The molecule has 0 radical (unpaired) electrons. The molecule has 6 aromatic rings. The molecule has 334 valence electrons. The van der Waals surface area contributed by atoms with Crippen LogP contribution < -0.4 is 32.1 Å². The summed E-state index contributed by atoms with van der Waals surface area (Å²) in [7, 11) is 0. The van der Waals surface area contributed by atoms with Crippen molar-refractivity contribution in [2.45, 2.75) is 83.2 Å². The van der Waals surface area contributed by atoms with E-state index in [0.29, 0.717) is 28.9 Å². The monoisotopic (exact) mass is 878 g/mol. The molecule has 10 rings (SSSR count). The Bertz CT molecular complexity index is 2930. The Morgan fingerprint density at radius 2 is 1.55 bits per heavy atom. The van der Waals surface area contributed by atoms with Crippen molar-refractivity contribution >= 4 is 56.7 Å². The van der Waals surface area contributed by atoms with Gasteiger partial charge in [-0.1, -0.05) is 110 Å². The van der Waals surface area contributed by atoms with Crippen LogP contribution in [-0.4, -0.2) is 55.8 Å². The molecule has 3 aliphatic carbocycles. The third kappa shape index (κ3) is 8.84. The minimum absolute atomic E-state index is 0.0298. The van der Waals surface area contributed by atoms with E-state index in [2.05, 4.69) is 96.3 Å². The molecule has 4 unspecified atom stereocenters. The van der Waals surface area contributed by atoms with Gasteiger partial charge in [0.05, 0.1) is 11.1 Å². The lowest BCUT2D eigenvalue weighted by atomic mass is 9.76. The Morgan fingerprint density at radius 3 is 2.35 bits per heavy atom. The number of hydrogen-bond acceptors (Lipinski definition) is 9. The number of aryl methyl sites for hydroxylation is 1. The first kappa shape index (κ1) is 42.9. The fraction of sp³-hybridized carbons (Fsp3) is 0.283. The summed E-state index contributed by atoms with van der Waals surface area (Å²) in [4.78, 5) is 48.0. The lowest BCUT2D eigenvalue weighted by Crippen LogP contribution is -2.74. The Labute approximate surface area is 383 Å². The molecule has 3 amide bonds. The van der Waals surface area contributed by atoms with E-state index in [1.54, 1.807) is 6.07 Å². The van der Waals surface area contributed by atoms with Crippen molar-refractivity contribution in [3.8, 4) is 11.3 Å². The maximum atomic E-state index is 14.6. The predicted molar refractivity (Wildman–Crippen MR) is 260 cm³/mol. The highest BCUT2D eigenvalue weighted by Crippen LogP contribution is 2.34. The number of nitrogens with zero attached hydrogens (tertiary/aromatic N) is 4. The van der Waals surface area contributed by atoms with Gasteiger partial charge >= 0.3 is 0 Å². The van der Waals surface area contributed by atoms with Crippen molar-refractivity contribution in [1.82, 2.24) is 41.2 Å². The van der Waals surface area contributed by atoms with Crippen molar-refractivity contribution in [3.63, 3.8) is 0 Å². The van der Waals surface area contributed by atoms with Crippen molar-refractivity contribution in [2.75, 3.05) is 10.6 Å². The zero-order chi connectivity index (χ0) is 45.0. The fourth-order valence-electron chi connectivity index (χ4n) is 10.2. The minimum atomic E-state index is -0.671. The number of rotatable bonds is 11. The van der Waals surface area contributed by atoms with E-state index in [9.17, 15) is 14.4 Å². The topological polar surface area (TPSA) is 167 Å². The fourth-order valence-corrected chi connectivity index (χ4v) is 10.2. The standard InChI is InChI=1S/C53H54N10O3/c1-2-63-43-26-16-15-25-39(43)41-32-38(28-30-44(41)63)54-50(65)40-29-27-37(49(64)57-52-55-45(33-17-7-3-8-18-33)47(59-61-52)35-21-11-5-12-22-35)31-42(40)51(66)58-53-56-46(34-19-9-4-10-20-34)48(60-62-53)36-23-13-6-14-24-36/h4-6,9-13,15-16,19-21,23,25-33,35,45,47,52,55,59,61H,2-3,7-8,14,17-18,22,24H2,1H3,(H,54,65)(H,57,64)(H,56,58,62,66). The molecule has 4 aromatic carbocycles. The molecule has 66 heavy (non-hydrogen) atoms. The SMILES string of the molecule is CCn1c2ccccc2c2cc(NC(=O)c3ccc(C(=O)NC4NNC(C5C=CC=CC5)C(C5CCCCC5)N4)cc3C(=O)Nc3nnc(C4=CC=CCC4)c(-c4ccccc4)n3)ccc21. The van der Waals surface area contributed by atoms with Crippen LogP contribution in [0.2, 0.25) is 0 Å². The molecule has 6 N–H and O–H groups in total. The van der Waals surface area contributed by atoms with E-state index >= 15 is 0 Å². The van der Waals surface area contributed by atoms with Crippen molar-refractivity contribution in [2.24, 2.45) is 11.8 Å². The number of hydrazine groups is 1. The summed E-state index contributed by atoms with van der Waals surface area (Å²) in [5.41, 5.74) is 12.8. The lowest BCUT2D eigenvalue weighted by Gasteiger charge is -2.46. The van der Waals surface area contributed by atoms with Gasteiger partial charge in [-0.25, -0.2) is 15.8 Å². The second-order valence-corrected chi connectivity index (χ2v) is 17.5. The molecule has 1 aliphatic heterocycles. The zero-order valence-corrected chi connectivity index (χ0v) is 37.0. The number of carbonyl (C=O) groups is 3. The second kappa shape index (κ2) is 19.2. The second-order valence-electron chi connectivity index (χ2n) is 17.5. The van der Waals surface area contributed by atoms with Crippen LogP contribution in [0.15, 0.2) is 134 Å². The highest BCUT2D eigenvalue weighted by atomic mass is 16.2. The van der Waals surface area contributed by atoms with Crippen LogP contribution in [0.25, 0.3) is 38.6 Å². The highest BCUT2D eigenvalue weighted by Gasteiger charge is 2.39. The maximum Gasteiger partial charge on any atom is 0.258 e. The molecule has 0 bridgehead atoms. The summed E-state index contributed by atoms with van der Waals surface area (Å²) < 4.78 is 2.24. The third-order valence-electron chi connectivity index (χ3n) is 13.4. The van der Waals surface area contributed by atoms with Crippen LogP contribution in [0.4, 0.5) is 11.6 Å². The number of fused-ring (bicyclic) bond motifs is 3. The van der Waals surface area contributed by atoms with Crippen molar-refractivity contribution in [1.29, 1.82) is 0 Å². The van der Waals surface area contributed by atoms with Gasteiger partial charge in [-0.3, -0.25) is 25.0 Å². The average Bonchev–Trinajstić information content (AvgIpc) is 3.70. The van der Waals surface area contributed by atoms with Gasteiger partial charge in [-0.05, 0) is 98.9 Å². The summed E-state index contributed by atoms with van der Waals surface area (Å²) in [5.74, 6) is -0.893. The molecule has 3 heterocycles. The molecule has 1 saturated carbocycles. The van der Waals surface area contributed by atoms with Crippen LogP contribution in [0.1, 0.15) is 95.1 Å². The van der Waals surface area contributed by atoms with Gasteiger partial charge in [-0.2, -0.15) is 0 Å². The van der Waals surface area contributed by atoms with Crippen LogP contribution in [0, 0.1) is 11.8 Å². The first-order valence-electron chi connectivity index (χ1n) is 23.3. The van der Waals surface area contributed by atoms with Gasteiger partial charge in [0.1, 0.15) is 17.7 Å². The van der Waals surface area contributed by atoms with Gasteiger partial charge in [-0.15, -0.1) is 10.2 Å². The summed E-state index contributed by atoms with van der Waals surface area (Å²) >= 11 is 0. The van der Waals surface area contributed by atoms with Gasteiger partial charge < -0.3 is 15.2 Å². The lowest BCUT2D eigenvalue weighted by molar-refractivity contribution is 0.0758. The van der Waals surface area contributed by atoms with Gasteiger partial charge in [0.25, 0.3) is 17.7 Å². The van der Waals surface area contributed by atoms with Crippen LogP contribution >= 0.6 is 0 Å². The number of aromatic nitrogens is 4. The van der Waals surface area contributed by atoms with Crippen molar-refractivity contribution < 1.29 is 14.4 Å². The first-order chi connectivity index (χ1) is 32.4. The van der Waals surface area contributed by atoms with Crippen LogP contribution in [-0.2, 0) is 6.54 Å². The molecule has 4 aliphatic rings. The number of benzene rings is 4. The average molecular weight is 879 g/mol. The number of hydrogen-bond donors (Lipinski definition) is 6. The van der Waals surface area contributed by atoms with Gasteiger partial charge in [0.15, 0.2) is 0 Å². The van der Waals surface area contributed by atoms with Crippen LogP contribution in [0.3, 0.4) is 0 Å². The molecule has 1 saturated heterocycles. The molecule has 2 fully saturated rings. The minimum Gasteiger partial charge on any atom is -0.341 e. The van der Waals surface area contributed by atoms with E-state index in [0.717, 1.165) is 71.6 Å². The Morgan fingerprint density at radius 1 is 0.727 bits per heavy atom. The quantitative estimate of drug-likeness (QED) is 0.0745. The van der Waals surface area contributed by atoms with E-state index in [1.165, 1.54) is 31.4 Å². The van der Waals surface area contributed by atoms with E-state index in [-0.39, 0.29) is 34.7 Å². The van der Waals surface area contributed by atoms with E-state index in [4.69, 9.17) is 4.98 Å². The van der Waals surface area contributed by atoms with E-state index < -0.39 is 24.0 Å². The Hall–Kier alpha value is -7.06. The third-order valence-corrected chi connectivity index (χ3v) is 13.4. The number of para-hydroxylation sites is 1. The smallest absolute Gasteiger partial charge is 0.258 e. The van der Waals surface area contributed by atoms with E-state index in [1.807, 2.05) is 72.8 Å². The van der Waals surface area contributed by atoms with Gasteiger partial charge in [0, 0.05) is 57.2 Å². The first-order valence-corrected chi connectivity index (χ1v) is 23.3. The molecular weight excluding hydrogens is 825 g/mol. The van der Waals surface area contributed by atoms with Crippen molar-refractivity contribution in [3.05, 3.63) is 156 Å². The van der Waals surface area contributed by atoms with Gasteiger partial charge in [0.2, 0.25) is 5.95 Å². The molecule has 13 nitrogen and oxygen atoms in total. The largest absolute Gasteiger partial charge is 0.341 e. The molecule has 13 heteroatoms. The Kier molecular flexibility index (Phi) is 12.5. The number of nitrogens with one attached hydrogen (secondary N) is 6. The summed E-state index contributed by atoms with van der Waals surface area (Å²) in [5, 5.41) is 23.7. The summed E-state index contributed by atoms with van der Waals surface area (Å²) in [6.45, 7) is 2.90. The molecule has 4 atom stereocenters. The molecular formula is C53H54N10O3. The summed E-state index contributed by atoms with van der Waals surface area (Å²) in [6.07, 6.45) is 22.6. The molecule has 0 spiro atoms. The normalized spacial score (nSPS) is 20.8.